The largest absolute Gasteiger partial charge is 0.350 e. The van der Waals surface area contributed by atoms with Gasteiger partial charge in [0.1, 0.15) is 0 Å². The molecule has 24 heavy (non-hydrogen) atoms. The maximum Gasteiger partial charge on any atom is 0.251 e. The van der Waals surface area contributed by atoms with E-state index in [-0.39, 0.29) is 36.2 Å². The van der Waals surface area contributed by atoms with Crippen molar-refractivity contribution in [2.24, 2.45) is 5.92 Å². The van der Waals surface area contributed by atoms with Gasteiger partial charge in [0.05, 0.1) is 5.92 Å². The summed E-state index contributed by atoms with van der Waals surface area (Å²) in [6.45, 7) is 3.08. The van der Waals surface area contributed by atoms with Gasteiger partial charge in [-0.25, -0.2) is 0 Å². The molecule has 2 heterocycles. The summed E-state index contributed by atoms with van der Waals surface area (Å²) < 4.78 is 0. The first kappa shape index (κ1) is 18.7. The molecule has 1 aromatic carbocycles. The molecule has 2 amide bonds. The Hall–Kier alpha value is -1.59. The van der Waals surface area contributed by atoms with E-state index >= 15 is 0 Å². The number of benzene rings is 1. The van der Waals surface area contributed by atoms with E-state index in [9.17, 15) is 9.59 Å². The Morgan fingerprint density at radius 2 is 1.96 bits per heavy atom. The first-order valence-corrected chi connectivity index (χ1v) is 8.60. The summed E-state index contributed by atoms with van der Waals surface area (Å²) in [4.78, 5) is 26.9. The molecule has 2 atom stereocenters. The van der Waals surface area contributed by atoms with Gasteiger partial charge in [-0.05, 0) is 44.4 Å². The average molecular weight is 352 g/mol. The van der Waals surface area contributed by atoms with Crippen LogP contribution in [0.2, 0.25) is 0 Å². The smallest absolute Gasteiger partial charge is 0.251 e. The lowest BCUT2D eigenvalue weighted by Gasteiger charge is -2.37. The van der Waals surface area contributed by atoms with E-state index in [1.54, 1.807) is 0 Å². The zero-order valence-electron chi connectivity index (χ0n) is 13.9. The second-order valence-corrected chi connectivity index (χ2v) is 6.45. The normalized spacial score (nSPS) is 23.4. The zero-order chi connectivity index (χ0) is 16.1. The predicted molar refractivity (Wildman–Crippen MR) is 96.4 cm³/mol. The molecule has 5 nitrogen and oxygen atoms in total. The molecule has 2 aliphatic heterocycles. The number of carbonyl (C=O) groups excluding carboxylic acids is 2. The summed E-state index contributed by atoms with van der Waals surface area (Å²) >= 11 is 0. The summed E-state index contributed by atoms with van der Waals surface area (Å²) in [5, 5.41) is 6.26. The van der Waals surface area contributed by atoms with E-state index in [0.29, 0.717) is 12.1 Å². The highest BCUT2D eigenvalue weighted by atomic mass is 35.5. The highest BCUT2D eigenvalue weighted by Gasteiger charge is 2.32. The average Bonchev–Trinajstić information content (AvgIpc) is 3.15. The molecular weight excluding hydrogens is 326 g/mol. The molecule has 2 N–H and O–H groups in total. The summed E-state index contributed by atoms with van der Waals surface area (Å²) in [6, 6.07) is 9.36. The Morgan fingerprint density at radius 3 is 2.67 bits per heavy atom. The van der Waals surface area contributed by atoms with Crippen LogP contribution in [0.15, 0.2) is 30.3 Å². The number of nitrogens with zero attached hydrogens (tertiary/aromatic N) is 1. The van der Waals surface area contributed by atoms with Crippen LogP contribution in [-0.2, 0) is 4.79 Å². The van der Waals surface area contributed by atoms with Crippen molar-refractivity contribution in [3.8, 4) is 0 Å². The molecule has 0 saturated carbocycles. The number of piperidine rings is 1. The first-order valence-electron chi connectivity index (χ1n) is 8.60. The number of hydrogen-bond acceptors (Lipinski definition) is 3. The topological polar surface area (TPSA) is 61.4 Å². The minimum atomic E-state index is -0.0638. The number of likely N-dealkylation sites (tertiary alicyclic amines) is 1. The lowest BCUT2D eigenvalue weighted by atomic mass is 9.98. The molecule has 0 radical (unpaired) electrons. The number of rotatable bonds is 4. The predicted octanol–water partition coefficient (Wildman–Crippen LogP) is 1.83. The fraction of sp³-hybridized carbons (Fsp3) is 0.556. The number of amides is 2. The third-order valence-electron chi connectivity index (χ3n) is 4.85. The van der Waals surface area contributed by atoms with Crippen LogP contribution >= 0.6 is 12.4 Å². The fourth-order valence-electron chi connectivity index (χ4n) is 3.50. The highest BCUT2D eigenvalue weighted by molar-refractivity contribution is 5.94. The Balaban J connectivity index is 0.00000208. The molecule has 132 valence electrons. The first-order chi connectivity index (χ1) is 11.3. The number of nitrogens with one attached hydrogen (secondary N) is 2. The van der Waals surface area contributed by atoms with Crippen molar-refractivity contribution in [1.29, 1.82) is 0 Å². The molecule has 6 heteroatoms. The van der Waals surface area contributed by atoms with Crippen LogP contribution in [0.25, 0.3) is 0 Å². The Labute approximate surface area is 149 Å². The van der Waals surface area contributed by atoms with Crippen LogP contribution in [0.3, 0.4) is 0 Å². The second kappa shape index (κ2) is 9.04. The molecule has 0 bridgehead atoms. The minimum absolute atomic E-state index is 0. The quantitative estimate of drug-likeness (QED) is 0.870. The van der Waals surface area contributed by atoms with Crippen molar-refractivity contribution in [2.45, 2.75) is 31.7 Å². The minimum Gasteiger partial charge on any atom is -0.350 e. The molecule has 2 saturated heterocycles. The third kappa shape index (κ3) is 4.48. The van der Waals surface area contributed by atoms with Gasteiger partial charge in [0.25, 0.3) is 5.91 Å². The van der Waals surface area contributed by atoms with Crippen molar-refractivity contribution >= 4 is 24.2 Å². The lowest BCUT2D eigenvalue weighted by molar-refractivity contribution is -0.138. The van der Waals surface area contributed by atoms with Crippen molar-refractivity contribution < 1.29 is 9.59 Å². The van der Waals surface area contributed by atoms with Gasteiger partial charge in [0, 0.05) is 31.2 Å². The molecule has 2 fully saturated rings. The SMILES string of the molecule is Cl.O=C(NCC1CCCCN1C(=O)C1CCNC1)c1ccccc1. The van der Waals surface area contributed by atoms with Crippen molar-refractivity contribution in [1.82, 2.24) is 15.5 Å². The molecule has 0 aromatic heterocycles. The van der Waals surface area contributed by atoms with Gasteiger partial charge < -0.3 is 15.5 Å². The summed E-state index contributed by atoms with van der Waals surface area (Å²) in [5.41, 5.74) is 0.668. The van der Waals surface area contributed by atoms with Gasteiger partial charge in [-0.1, -0.05) is 18.2 Å². The molecule has 3 rings (SSSR count). The standard InChI is InChI=1S/C18H25N3O2.ClH/c22-17(14-6-2-1-3-7-14)20-13-16-8-4-5-11-21(16)18(23)15-9-10-19-12-15;/h1-3,6-7,15-16,19H,4-5,8-13H2,(H,20,22);1H. The van der Waals surface area contributed by atoms with Crippen LogP contribution in [0.4, 0.5) is 0 Å². The van der Waals surface area contributed by atoms with Gasteiger partial charge in [0.2, 0.25) is 5.91 Å². The Bertz CT molecular complexity index is 546. The van der Waals surface area contributed by atoms with E-state index in [2.05, 4.69) is 10.6 Å². The van der Waals surface area contributed by atoms with Gasteiger partial charge in [-0.15, -0.1) is 12.4 Å². The van der Waals surface area contributed by atoms with E-state index in [1.807, 2.05) is 35.2 Å². The summed E-state index contributed by atoms with van der Waals surface area (Å²) in [7, 11) is 0. The third-order valence-corrected chi connectivity index (χ3v) is 4.85. The maximum atomic E-state index is 12.7. The van der Waals surface area contributed by atoms with Crippen molar-refractivity contribution in [3.63, 3.8) is 0 Å². The van der Waals surface area contributed by atoms with Gasteiger partial charge in [-0.2, -0.15) is 0 Å². The Kier molecular flexibility index (Phi) is 7.06. The van der Waals surface area contributed by atoms with Crippen molar-refractivity contribution in [3.05, 3.63) is 35.9 Å². The molecule has 2 aliphatic rings. The fourth-order valence-corrected chi connectivity index (χ4v) is 3.50. The second-order valence-electron chi connectivity index (χ2n) is 6.45. The number of hydrogen-bond donors (Lipinski definition) is 2. The highest BCUT2D eigenvalue weighted by Crippen LogP contribution is 2.21. The van der Waals surface area contributed by atoms with E-state index < -0.39 is 0 Å². The van der Waals surface area contributed by atoms with Crippen LogP contribution in [0, 0.1) is 5.92 Å². The summed E-state index contributed by atoms with van der Waals surface area (Å²) in [5.74, 6) is 0.306. The maximum absolute atomic E-state index is 12.7. The van der Waals surface area contributed by atoms with Gasteiger partial charge >= 0.3 is 0 Å². The monoisotopic (exact) mass is 351 g/mol. The van der Waals surface area contributed by atoms with Crippen LogP contribution in [0.1, 0.15) is 36.0 Å². The van der Waals surface area contributed by atoms with Gasteiger partial charge in [-0.3, -0.25) is 9.59 Å². The molecule has 2 unspecified atom stereocenters. The van der Waals surface area contributed by atoms with E-state index in [0.717, 1.165) is 45.3 Å². The molecular formula is C18H26ClN3O2. The zero-order valence-corrected chi connectivity index (χ0v) is 14.7. The molecule has 0 aliphatic carbocycles. The van der Waals surface area contributed by atoms with E-state index in [1.165, 1.54) is 0 Å². The van der Waals surface area contributed by atoms with Gasteiger partial charge in [0.15, 0.2) is 0 Å². The summed E-state index contributed by atoms with van der Waals surface area (Å²) in [6.07, 6.45) is 4.09. The molecule has 0 spiro atoms. The lowest BCUT2D eigenvalue weighted by Crippen LogP contribution is -2.51. The van der Waals surface area contributed by atoms with E-state index in [4.69, 9.17) is 0 Å². The van der Waals surface area contributed by atoms with Crippen LogP contribution in [0.5, 0.6) is 0 Å². The number of carbonyl (C=O) groups is 2. The Morgan fingerprint density at radius 1 is 1.17 bits per heavy atom. The van der Waals surface area contributed by atoms with Crippen LogP contribution < -0.4 is 10.6 Å². The number of halogens is 1. The van der Waals surface area contributed by atoms with Crippen LogP contribution in [-0.4, -0.2) is 48.9 Å². The van der Waals surface area contributed by atoms with Crippen molar-refractivity contribution in [2.75, 3.05) is 26.2 Å². The molecule has 1 aromatic rings.